The molecule has 2 aliphatic rings. The second kappa shape index (κ2) is 7.31. The maximum Gasteiger partial charge on any atom is 0.165 e. The normalized spacial score (nSPS) is 22.4. The molecule has 0 aliphatic carbocycles. The molecule has 2 aromatic rings. The minimum absolute atomic E-state index is 0.193. The van der Waals surface area contributed by atoms with E-state index in [0.29, 0.717) is 31.7 Å². The first-order valence-corrected chi connectivity index (χ1v) is 8.78. The van der Waals surface area contributed by atoms with Crippen LogP contribution in [0.25, 0.3) is 0 Å². The van der Waals surface area contributed by atoms with Crippen LogP contribution in [0.15, 0.2) is 42.5 Å². The van der Waals surface area contributed by atoms with E-state index in [0.717, 1.165) is 36.8 Å². The van der Waals surface area contributed by atoms with E-state index in [2.05, 4.69) is 5.32 Å². The summed E-state index contributed by atoms with van der Waals surface area (Å²) >= 11 is 0. The Morgan fingerprint density at radius 1 is 1.04 bits per heavy atom. The number of rotatable bonds is 4. The summed E-state index contributed by atoms with van der Waals surface area (Å²) < 4.78 is 30.4. The summed E-state index contributed by atoms with van der Waals surface area (Å²) in [6.07, 6.45) is 1.03. The number of hydrogen-bond donors (Lipinski definition) is 1. The Morgan fingerprint density at radius 3 is 2.68 bits per heavy atom. The smallest absolute Gasteiger partial charge is 0.165 e. The second-order valence-corrected chi connectivity index (χ2v) is 6.53. The molecule has 0 spiro atoms. The van der Waals surface area contributed by atoms with Crippen molar-refractivity contribution in [3.63, 3.8) is 0 Å². The molecule has 0 radical (unpaired) electrons. The molecule has 1 fully saturated rings. The number of piperidine rings is 1. The van der Waals surface area contributed by atoms with Crippen molar-refractivity contribution in [1.29, 1.82) is 0 Å². The van der Waals surface area contributed by atoms with Gasteiger partial charge in [-0.3, -0.25) is 0 Å². The Morgan fingerprint density at radius 2 is 1.84 bits per heavy atom. The van der Waals surface area contributed by atoms with Crippen LogP contribution in [-0.4, -0.2) is 32.9 Å². The van der Waals surface area contributed by atoms with Gasteiger partial charge >= 0.3 is 0 Å². The van der Waals surface area contributed by atoms with Gasteiger partial charge in [-0.1, -0.05) is 12.1 Å². The van der Waals surface area contributed by atoms with Gasteiger partial charge in [0, 0.05) is 18.5 Å². The molecule has 0 saturated carbocycles. The number of nitrogens with one attached hydrogen (secondary N) is 1. The number of benzene rings is 2. The molecule has 5 heteroatoms. The molecule has 2 aromatic carbocycles. The molecule has 4 nitrogen and oxygen atoms in total. The lowest BCUT2D eigenvalue weighted by atomic mass is 9.81. The highest BCUT2D eigenvalue weighted by Gasteiger charge is 2.27. The van der Waals surface area contributed by atoms with E-state index in [1.54, 1.807) is 0 Å². The fourth-order valence-electron chi connectivity index (χ4n) is 3.56. The van der Waals surface area contributed by atoms with Crippen molar-refractivity contribution >= 4 is 0 Å². The van der Waals surface area contributed by atoms with Gasteiger partial charge in [0.05, 0.1) is 6.61 Å². The van der Waals surface area contributed by atoms with Crippen LogP contribution in [0.1, 0.15) is 17.9 Å². The van der Waals surface area contributed by atoms with Crippen LogP contribution in [-0.2, 0) is 0 Å². The maximum atomic E-state index is 13.2. The molecule has 2 aliphatic heterocycles. The van der Waals surface area contributed by atoms with Crippen molar-refractivity contribution in [2.24, 2.45) is 5.92 Å². The predicted molar refractivity (Wildman–Crippen MR) is 93.0 cm³/mol. The van der Waals surface area contributed by atoms with Gasteiger partial charge in [0.25, 0.3) is 0 Å². The van der Waals surface area contributed by atoms with Crippen LogP contribution in [0.2, 0.25) is 0 Å². The first-order valence-electron chi connectivity index (χ1n) is 8.78. The standard InChI is InChI=1S/C20H22FNO3/c21-16-3-1-14(2-4-16)18-7-8-22-12-15(18)13-25-17-5-6-19-20(11-17)24-10-9-23-19/h1-6,11,15,18,22H,7-10,12-13H2/t15-,18-/m0/s1. The van der Waals surface area contributed by atoms with E-state index >= 15 is 0 Å². The molecule has 25 heavy (non-hydrogen) atoms. The zero-order chi connectivity index (χ0) is 17.1. The molecule has 132 valence electrons. The zero-order valence-corrected chi connectivity index (χ0v) is 14.0. The van der Waals surface area contributed by atoms with Crippen LogP contribution in [0.3, 0.4) is 0 Å². The molecule has 2 atom stereocenters. The van der Waals surface area contributed by atoms with Gasteiger partial charge in [-0.25, -0.2) is 4.39 Å². The summed E-state index contributed by atoms with van der Waals surface area (Å²) in [5.74, 6) is 2.81. The highest BCUT2D eigenvalue weighted by molar-refractivity contribution is 5.46. The minimum atomic E-state index is -0.193. The molecule has 0 aromatic heterocycles. The summed E-state index contributed by atoms with van der Waals surface area (Å²) in [6.45, 7) is 3.62. The summed E-state index contributed by atoms with van der Waals surface area (Å²) in [5.41, 5.74) is 1.18. The minimum Gasteiger partial charge on any atom is -0.493 e. The lowest BCUT2D eigenvalue weighted by Gasteiger charge is -2.32. The van der Waals surface area contributed by atoms with Gasteiger partial charge in [0.1, 0.15) is 24.8 Å². The zero-order valence-electron chi connectivity index (χ0n) is 14.0. The molecule has 1 N–H and O–H groups in total. The average Bonchev–Trinajstić information content (AvgIpc) is 2.67. The van der Waals surface area contributed by atoms with Gasteiger partial charge < -0.3 is 19.5 Å². The fourth-order valence-corrected chi connectivity index (χ4v) is 3.56. The van der Waals surface area contributed by atoms with E-state index < -0.39 is 0 Å². The average molecular weight is 343 g/mol. The Balaban J connectivity index is 1.44. The van der Waals surface area contributed by atoms with Crippen LogP contribution in [0, 0.1) is 11.7 Å². The van der Waals surface area contributed by atoms with Crippen molar-refractivity contribution in [1.82, 2.24) is 5.32 Å². The highest BCUT2D eigenvalue weighted by Crippen LogP contribution is 2.35. The molecule has 2 heterocycles. The number of ether oxygens (including phenoxy) is 3. The van der Waals surface area contributed by atoms with E-state index in [1.165, 1.54) is 17.7 Å². The predicted octanol–water partition coefficient (Wildman–Crippen LogP) is 3.37. The van der Waals surface area contributed by atoms with Crippen molar-refractivity contribution in [2.75, 3.05) is 32.9 Å². The van der Waals surface area contributed by atoms with Gasteiger partial charge in [-0.05, 0) is 48.7 Å². The molecule has 0 amide bonds. The molecular formula is C20H22FNO3. The third kappa shape index (κ3) is 3.71. The van der Waals surface area contributed by atoms with E-state index in [4.69, 9.17) is 14.2 Å². The third-order valence-corrected chi connectivity index (χ3v) is 4.88. The van der Waals surface area contributed by atoms with Crippen molar-refractivity contribution in [3.05, 3.63) is 53.8 Å². The molecular weight excluding hydrogens is 321 g/mol. The maximum absolute atomic E-state index is 13.2. The van der Waals surface area contributed by atoms with Gasteiger partial charge in [-0.15, -0.1) is 0 Å². The Labute approximate surface area is 146 Å². The largest absolute Gasteiger partial charge is 0.493 e. The first kappa shape index (κ1) is 16.2. The quantitative estimate of drug-likeness (QED) is 0.924. The highest BCUT2D eigenvalue weighted by atomic mass is 19.1. The lowest BCUT2D eigenvalue weighted by molar-refractivity contribution is 0.168. The number of halogens is 1. The van der Waals surface area contributed by atoms with Crippen molar-refractivity contribution in [2.45, 2.75) is 12.3 Å². The summed E-state index contributed by atoms with van der Waals surface area (Å²) in [6, 6.07) is 12.5. The van der Waals surface area contributed by atoms with Gasteiger partial charge in [0.15, 0.2) is 11.5 Å². The van der Waals surface area contributed by atoms with Crippen molar-refractivity contribution < 1.29 is 18.6 Å². The van der Waals surface area contributed by atoms with Gasteiger partial charge in [-0.2, -0.15) is 0 Å². The first-order chi connectivity index (χ1) is 12.3. The number of fused-ring (bicyclic) bond motifs is 1. The van der Waals surface area contributed by atoms with Crippen LogP contribution in [0.4, 0.5) is 4.39 Å². The van der Waals surface area contributed by atoms with E-state index in [1.807, 2.05) is 30.3 Å². The fraction of sp³-hybridized carbons (Fsp3) is 0.400. The summed E-state index contributed by atoms with van der Waals surface area (Å²) in [4.78, 5) is 0. The lowest BCUT2D eigenvalue weighted by Crippen LogP contribution is -2.38. The van der Waals surface area contributed by atoms with Crippen LogP contribution in [0.5, 0.6) is 17.2 Å². The Bertz CT molecular complexity index is 719. The third-order valence-electron chi connectivity index (χ3n) is 4.88. The van der Waals surface area contributed by atoms with E-state index in [-0.39, 0.29) is 5.82 Å². The summed E-state index contributed by atoms with van der Waals surface area (Å²) in [7, 11) is 0. The number of hydrogen-bond acceptors (Lipinski definition) is 4. The molecule has 0 unspecified atom stereocenters. The Hall–Kier alpha value is -2.27. The summed E-state index contributed by atoms with van der Waals surface area (Å²) in [5, 5.41) is 3.43. The van der Waals surface area contributed by atoms with E-state index in [9.17, 15) is 4.39 Å². The Kier molecular flexibility index (Phi) is 4.74. The van der Waals surface area contributed by atoms with Crippen molar-refractivity contribution in [3.8, 4) is 17.2 Å². The SMILES string of the molecule is Fc1ccc([C@@H]2CCNC[C@H]2COc2ccc3c(c2)OCCO3)cc1. The van der Waals surface area contributed by atoms with Crippen LogP contribution >= 0.6 is 0 Å². The topological polar surface area (TPSA) is 39.7 Å². The second-order valence-electron chi connectivity index (χ2n) is 6.53. The monoisotopic (exact) mass is 343 g/mol. The van der Waals surface area contributed by atoms with Crippen LogP contribution < -0.4 is 19.5 Å². The molecule has 4 rings (SSSR count). The molecule has 1 saturated heterocycles. The molecule has 0 bridgehead atoms. The van der Waals surface area contributed by atoms with Gasteiger partial charge in [0.2, 0.25) is 0 Å².